The van der Waals surface area contributed by atoms with Gasteiger partial charge in [0.25, 0.3) is 0 Å². The fourth-order valence-electron chi connectivity index (χ4n) is 2.12. The number of aromatic nitrogens is 1. The lowest BCUT2D eigenvalue weighted by molar-refractivity contribution is -0.121. The molecule has 1 aromatic rings. The molecule has 4 nitrogen and oxygen atoms in total. The standard InChI is InChI=1S/C14H25N3OS/c1-14(2,3)11(6-7-15)4-5-12(18)17-10-13-16-8-9-19-13/h8-9,11H,4-7,10,15H2,1-3H3,(H,17,18). The molecule has 1 atom stereocenters. The predicted molar refractivity (Wildman–Crippen MR) is 79.8 cm³/mol. The molecule has 1 unspecified atom stereocenters. The molecular weight excluding hydrogens is 258 g/mol. The van der Waals surface area contributed by atoms with Crippen LogP contribution in [0.3, 0.4) is 0 Å². The second-order valence-corrected chi connectivity index (χ2v) is 6.86. The van der Waals surface area contributed by atoms with Crippen LogP contribution in [0.4, 0.5) is 0 Å². The molecule has 1 rings (SSSR count). The van der Waals surface area contributed by atoms with Gasteiger partial charge in [-0.05, 0) is 30.7 Å². The Bertz CT molecular complexity index is 371. The van der Waals surface area contributed by atoms with Crippen molar-refractivity contribution in [3.05, 3.63) is 16.6 Å². The first kappa shape index (κ1) is 16.1. The van der Waals surface area contributed by atoms with E-state index < -0.39 is 0 Å². The molecule has 1 amide bonds. The summed E-state index contributed by atoms with van der Waals surface area (Å²) in [4.78, 5) is 15.9. The lowest BCUT2D eigenvalue weighted by Gasteiger charge is -2.30. The van der Waals surface area contributed by atoms with Crippen molar-refractivity contribution in [1.29, 1.82) is 0 Å². The van der Waals surface area contributed by atoms with Gasteiger partial charge in [0.15, 0.2) is 0 Å². The minimum Gasteiger partial charge on any atom is -0.350 e. The molecule has 0 spiro atoms. The third-order valence-electron chi connectivity index (χ3n) is 3.38. The number of amides is 1. The zero-order chi connectivity index (χ0) is 14.3. The van der Waals surface area contributed by atoms with Crippen LogP contribution in [0.15, 0.2) is 11.6 Å². The van der Waals surface area contributed by atoms with Gasteiger partial charge in [-0.15, -0.1) is 11.3 Å². The Morgan fingerprint density at radius 2 is 2.21 bits per heavy atom. The molecule has 0 aliphatic carbocycles. The molecule has 108 valence electrons. The number of thiazole rings is 1. The lowest BCUT2D eigenvalue weighted by Crippen LogP contribution is -2.27. The fourth-order valence-corrected chi connectivity index (χ4v) is 2.68. The highest BCUT2D eigenvalue weighted by atomic mass is 32.1. The van der Waals surface area contributed by atoms with Crippen LogP contribution in [0.2, 0.25) is 0 Å². The second-order valence-electron chi connectivity index (χ2n) is 5.88. The van der Waals surface area contributed by atoms with Gasteiger partial charge in [0.05, 0.1) is 6.54 Å². The Labute approximate surface area is 119 Å². The highest BCUT2D eigenvalue weighted by Crippen LogP contribution is 2.31. The molecule has 5 heteroatoms. The first-order valence-corrected chi connectivity index (χ1v) is 7.66. The molecule has 0 aromatic carbocycles. The van der Waals surface area contributed by atoms with Crippen LogP contribution in [0.1, 0.15) is 45.0 Å². The van der Waals surface area contributed by atoms with Gasteiger partial charge in [0.2, 0.25) is 5.91 Å². The molecule has 0 saturated heterocycles. The maximum atomic E-state index is 11.8. The van der Waals surface area contributed by atoms with Crippen LogP contribution < -0.4 is 11.1 Å². The number of nitrogens with zero attached hydrogens (tertiary/aromatic N) is 1. The Hall–Kier alpha value is -0.940. The van der Waals surface area contributed by atoms with Gasteiger partial charge in [0.1, 0.15) is 5.01 Å². The summed E-state index contributed by atoms with van der Waals surface area (Å²) in [5.74, 6) is 0.588. The van der Waals surface area contributed by atoms with E-state index >= 15 is 0 Å². The maximum Gasteiger partial charge on any atom is 0.220 e. The van der Waals surface area contributed by atoms with Gasteiger partial charge in [-0.3, -0.25) is 4.79 Å². The van der Waals surface area contributed by atoms with Crippen LogP contribution in [0, 0.1) is 11.3 Å². The van der Waals surface area contributed by atoms with Crippen molar-refractivity contribution in [3.63, 3.8) is 0 Å². The Morgan fingerprint density at radius 1 is 1.47 bits per heavy atom. The van der Waals surface area contributed by atoms with Crippen molar-refractivity contribution in [2.45, 2.75) is 46.6 Å². The first-order chi connectivity index (χ1) is 8.93. The third kappa shape index (κ3) is 6.16. The number of carbonyl (C=O) groups excluding carboxylic acids is 1. The van der Waals surface area contributed by atoms with Crippen molar-refractivity contribution >= 4 is 17.2 Å². The minimum absolute atomic E-state index is 0.0986. The number of rotatable bonds is 7. The van der Waals surface area contributed by atoms with Gasteiger partial charge in [-0.1, -0.05) is 20.8 Å². The summed E-state index contributed by atoms with van der Waals surface area (Å²) in [7, 11) is 0. The van der Waals surface area contributed by atoms with Gasteiger partial charge >= 0.3 is 0 Å². The largest absolute Gasteiger partial charge is 0.350 e. The average Bonchev–Trinajstić information content (AvgIpc) is 2.83. The molecule has 0 saturated carbocycles. The van der Waals surface area contributed by atoms with E-state index in [1.54, 1.807) is 17.5 Å². The van der Waals surface area contributed by atoms with Crippen molar-refractivity contribution < 1.29 is 4.79 Å². The Balaban J connectivity index is 2.31. The monoisotopic (exact) mass is 283 g/mol. The number of nitrogens with two attached hydrogens (primary N) is 1. The molecule has 19 heavy (non-hydrogen) atoms. The molecule has 0 radical (unpaired) electrons. The highest BCUT2D eigenvalue weighted by molar-refractivity contribution is 7.09. The molecule has 0 aliphatic rings. The quantitative estimate of drug-likeness (QED) is 0.808. The number of hydrogen-bond acceptors (Lipinski definition) is 4. The topological polar surface area (TPSA) is 68.0 Å². The van der Waals surface area contributed by atoms with Crippen LogP contribution in [-0.2, 0) is 11.3 Å². The van der Waals surface area contributed by atoms with E-state index in [1.165, 1.54) is 0 Å². The third-order valence-corrected chi connectivity index (χ3v) is 4.16. The van der Waals surface area contributed by atoms with Crippen LogP contribution >= 0.6 is 11.3 Å². The number of carbonyl (C=O) groups is 1. The van der Waals surface area contributed by atoms with E-state index in [2.05, 4.69) is 31.1 Å². The van der Waals surface area contributed by atoms with Crippen LogP contribution in [0.25, 0.3) is 0 Å². The first-order valence-electron chi connectivity index (χ1n) is 6.78. The van der Waals surface area contributed by atoms with E-state index in [4.69, 9.17) is 5.73 Å². The van der Waals surface area contributed by atoms with E-state index in [0.717, 1.165) is 17.8 Å². The number of nitrogens with one attached hydrogen (secondary N) is 1. The zero-order valence-corrected chi connectivity index (χ0v) is 12.9. The molecular formula is C14H25N3OS. The zero-order valence-electron chi connectivity index (χ0n) is 12.1. The van der Waals surface area contributed by atoms with Crippen molar-refractivity contribution in [2.75, 3.05) is 6.54 Å². The van der Waals surface area contributed by atoms with Gasteiger partial charge < -0.3 is 11.1 Å². The van der Waals surface area contributed by atoms with Crippen LogP contribution in [-0.4, -0.2) is 17.4 Å². The SMILES string of the molecule is CC(C)(C)C(CCN)CCC(=O)NCc1nccs1. The summed E-state index contributed by atoms with van der Waals surface area (Å²) in [5, 5.41) is 5.77. The van der Waals surface area contributed by atoms with E-state index in [-0.39, 0.29) is 11.3 Å². The number of hydrogen-bond donors (Lipinski definition) is 2. The highest BCUT2D eigenvalue weighted by Gasteiger charge is 2.24. The van der Waals surface area contributed by atoms with Gasteiger partial charge in [-0.25, -0.2) is 4.98 Å². The van der Waals surface area contributed by atoms with Crippen molar-refractivity contribution in [1.82, 2.24) is 10.3 Å². The summed E-state index contributed by atoms with van der Waals surface area (Å²) in [6.07, 6.45) is 4.18. The van der Waals surface area contributed by atoms with Crippen LogP contribution in [0.5, 0.6) is 0 Å². The predicted octanol–water partition coefficient (Wildman–Crippen LogP) is 2.55. The Morgan fingerprint density at radius 3 is 2.74 bits per heavy atom. The van der Waals surface area contributed by atoms with E-state index in [0.29, 0.717) is 25.4 Å². The summed E-state index contributed by atoms with van der Waals surface area (Å²) >= 11 is 1.56. The molecule has 0 bridgehead atoms. The summed E-state index contributed by atoms with van der Waals surface area (Å²) in [5.41, 5.74) is 5.85. The van der Waals surface area contributed by atoms with Gasteiger partial charge in [0, 0.05) is 18.0 Å². The van der Waals surface area contributed by atoms with E-state index in [1.807, 2.05) is 5.38 Å². The summed E-state index contributed by atoms with van der Waals surface area (Å²) in [6, 6.07) is 0. The summed E-state index contributed by atoms with van der Waals surface area (Å²) in [6.45, 7) is 7.85. The Kier molecular flexibility index (Phi) is 6.45. The molecule has 1 aromatic heterocycles. The van der Waals surface area contributed by atoms with E-state index in [9.17, 15) is 4.79 Å². The average molecular weight is 283 g/mol. The molecule has 0 fully saturated rings. The maximum absolute atomic E-state index is 11.8. The molecule has 0 aliphatic heterocycles. The lowest BCUT2D eigenvalue weighted by atomic mass is 9.76. The smallest absolute Gasteiger partial charge is 0.220 e. The summed E-state index contributed by atoms with van der Waals surface area (Å²) < 4.78 is 0. The minimum atomic E-state index is 0.0986. The second kappa shape index (κ2) is 7.60. The fraction of sp³-hybridized carbons (Fsp3) is 0.714. The van der Waals surface area contributed by atoms with Crippen molar-refractivity contribution in [3.8, 4) is 0 Å². The van der Waals surface area contributed by atoms with Crippen molar-refractivity contribution in [2.24, 2.45) is 17.1 Å². The van der Waals surface area contributed by atoms with Gasteiger partial charge in [-0.2, -0.15) is 0 Å². The normalized spacial score (nSPS) is 13.3. The molecule has 3 N–H and O–H groups in total. The molecule has 1 heterocycles.